The number of rotatable bonds is 8. The van der Waals surface area contributed by atoms with Gasteiger partial charge in [0.1, 0.15) is 0 Å². The van der Waals surface area contributed by atoms with E-state index in [0.717, 1.165) is 6.42 Å². The monoisotopic (exact) mass is 321 g/mol. The Morgan fingerprint density at radius 1 is 1.22 bits per heavy atom. The van der Waals surface area contributed by atoms with Crippen molar-refractivity contribution < 1.29 is 9.90 Å². The minimum absolute atomic E-state index is 0.118. The van der Waals surface area contributed by atoms with E-state index >= 15 is 0 Å². The van der Waals surface area contributed by atoms with E-state index < -0.39 is 0 Å². The van der Waals surface area contributed by atoms with Crippen molar-refractivity contribution in [3.8, 4) is 0 Å². The van der Waals surface area contributed by atoms with Crippen molar-refractivity contribution in [1.29, 1.82) is 0 Å². The lowest BCUT2D eigenvalue weighted by Gasteiger charge is -2.26. The van der Waals surface area contributed by atoms with E-state index in [-0.39, 0.29) is 17.6 Å². The van der Waals surface area contributed by atoms with E-state index in [0.29, 0.717) is 19.5 Å². The number of carbonyl (C=O) groups is 1. The second-order valence-corrected chi connectivity index (χ2v) is 7.14. The molecule has 0 fully saturated rings. The number of anilines is 1. The zero-order valence-electron chi connectivity index (χ0n) is 15.0. The number of aliphatic hydroxyl groups is 1. The summed E-state index contributed by atoms with van der Waals surface area (Å²) in [6.07, 6.45) is 1.10. The van der Waals surface area contributed by atoms with Crippen LogP contribution in [0, 0.1) is 5.41 Å². The third-order valence-corrected chi connectivity index (χ3v) is 3.73. The lowest BCUT2D eigenvalue weighted by molar-refractivity contribution is 0.129. The summed E-state index contributed by atoms with van der Waals surface area (Å²) in [6, 6.07) is 8.16. The molecule has 1 aromatic carbocycles. The number of carbonyl (C=O) groups excluding carboxylic acids is 1. The van der Waals surface area contributed by atoms with Crippen LogP contribution in [0.2, 0.25) is 0 Å². The first kappa shape index (κ1) is 19.3. The molecule has 0 saturated carbocycles. The molecule has 130 valence electrons. The van der Waals surface area contributed by atoms with Crippen LogP contribution >= 0.6 is 0 Å². The molecule has 0 aliphatic heterocycles. The van der Waals surface area contributed by atoms with Gasteiger partial charge in [-0.3, -0.25) is 0 Å². The SMILES string of the molecule is CC(O)CC(C)(C)CNC(=O)NCCc1ccc(N(C)C)cc1. The highest BCUT2D eigenvalue weighted by Gasteiger charge is 2.20. The Morgan fingerprint density at radius 2 is 1.83 bits per heavy atom. The lowest BCUT2D eigenvalue weighted by atomic mass is 9.87. The summed E-state index contributed by atoms with van der Waals surface area (Å²) < 4.78 is 0. The van der Waals surface area contributed by atoms with Crippen LogP contribution in [-0.2, 0) is 6.42 Å². The molecule has 0 heterocycles. The first-order chi connectivity index (χ1) is 10.7. The molecule has 0 spiro atoms. The molecule has 1 atom stereocenters. The number of nitrogens with zero attached hydrogens (tertiary/aromatic N) is 1. The van der Waals surface area contributed by atoms with Gasteiger partial charge in [-0.25, -0.2) is 4.79 Å². The predicted molar refractivity (Wildman–Crippen MR) is 96.0 cm³/mol. The molecular weight excluding hydrogens is 290 g/mol. The molecule has 1 rings (SSSR count). The molecule has 0 aliphatic rings. The van der Waals surface area contributed by atoms with Crippen molar-refractivity contribution in [2.45, 2.75) is 39.7 Å². The highest BCUT2D eigenvalue weighted by molar-refractivity contribution is 5.73. The van der Waals surface area contributed by atoms with E-state index in [1.807, 2.05) is 27.9 Å². The quantitative estimate of drug-likeness (QED) is 0.689. The average molecular weight is 321 g/mol. The predicted octanol–water partition coefficient (Wildman–Crippen LogP) is 2.39. The van der Waals surface area contributed by atoms with Gasteiger partial charge in [0.15, 0.2) is 0 Å². The zero-order chi connectivity index (χ0) is 17.5. The molecule has 0 aromatic heterocycles. The van der Waals surface area contributed by atoms with E-state index in [4.69, 9.17) is 0 Å². The van der Waals surface area contributed by atoms with Crippen LogP contribution in [0.1, 0.15) is 32.8 Å². The summed E-state index contributed by atoms with van der Waals surface area (Å²) >= 11 is 0. The Balaban J connectivity index is 2.28. The first-order valence-electron chi connectivity index (χ1n) is 8.16. The molecule has 5 nitrogen and oxygen atoms in total. The van der Waals surface area contributed by atoms with Gasteiger partial charge in [-0.05, 0) is 42.9 Å². The molecular formula is C18H31N3O2. The van der Waals surface area contributed by atoms with Crippen molar-refractivity contribution >= 4 is 11.7 Å². The van der Waals surface area contributed by atoms with Gasteiger partial charge < -0.3 is 20.6 Å². The summed E-state index contributed by atoms with van der Waals surface area (Å²) in [6.45, 7) is 6.98. The van der Waals surface area contributed by atoms with Gasteiger partial charge in [-0.1, -0.05) is 26.0 Å². The Labute approximate surface area is 140 Å². The number of nitrogens with one attached hydrogen (secondary N) is 2. The van der Waals surface area contributed by atoms with Crippen molar-refractivity contribution in [2.75, 3.05) is 32.1 Å². The number of urea groups is 1. The molecule has 0 radical (unpaired) electrons. The third kappa shape index (κ3) is 7.88. The molecule has 1 unspecified atom stereocenters. The highest BCUT2D eigenvalue weighted by Crippen LogP contribution is 2.20. The Kier molecular flexibility index (Phi) is 7.36. The smallest absolute Gasteiger partial charge is 0.314 e. The summed E-state index contributed by atoms with van der Waals surface area (Å²) in [5.74, 6) is 0. The Bertz CT molecular complexity index is 482. The fourth-order valence-corrected chi connectivity index (χ4v) is 2.54. The van der Waals surface area contributed by atoms with Gasteiger partial charge in [-0.2, -0.15) is 0 Å². The van der Waals surface area contributed by atoms with Gasteiger partial charge in [0.05, 0.1) is 6.10 Å². The van der Waals surface area contributed by atoms with Gasteiger partial charge in [0, 0.05) is 32.9 Å². The maximum atomic E-state index is 11.8. The topological polar surface area (TPSA) is 64.6 Å². The Morgan fingerprint density at radius 3 is 2.35 bits per heavy atom. The van der Waals surface area contributed by atoms with Crippen LogP contribution in [-0.4, -0.2) is 44.4 Å². The van der Waals surface area contributed by atoms with Gasteiger partial charge >= 0.3 is 6.03 Å². The van der Waals surface area contributed by atoms with Gasteiger partial charge in [0.25, 0.3) is 0 Å². The number of aliphatic hydroxyl groups excluding tert-OH is 1. The summed E-state index contributed by atoms with van der Waals surface area (Å²) in [5.41, 5.74) is 2.25. The summed E-state index contributed by atoms with van der Waals surface area (Å²) in [5, 5.41) is 15.2. The fraction of sp³-hybridized carbons (Fsp3) is 0.611. The second kappa shape index (κ2) is 8.77. The van der Waals surface area contributed by atoms with Crippen LogP contribution in [0.15, 0.2) is 24.3 Å². The molecule has 0 saturated heterocycles. The summed E-state index contributed by atoms with van der Waals surface area (Å²) in [4.78, 5) is 13.9. The minimum atomic E-state index is -0.361. The minimum Gasteiger partial charge on any atom is -0.393 e. The normalized spacial score (nSPS) is 12.6. The zero-order valence-corrected chi connectivity index (χ0v) is 15.0. The second-order valence-electron chi connectivity index (χ2n) is 7.14. The fourth-order valence-electron chi connectivity index (χ4n) is 2.54. The van der Waals surface area contributed by atoms with Crippen LogP contribution in [0.4, 0.5) is 10.5 Å². The number of amides is 2. The van der Waals surface area contributed by atoms with E-state index in [2.05, 4.69) is 39.8 Å². The molecule has 2 amide bonds. The van der Waals surface area contributed by atoms with Gasteiger partial charge in [-0.15, -0.1) is 0 Å². The van der Waals surface area contributed by atoms with E-state index in [1.165, 1.54) is 11.3 Å². The van der Waals surface area contributed by atoms with Crippen molar-refractivity contribution in [3.63, 3.8) is 0 Å². The van der Waals surface area contributed by atoms with Crippen molar-refractivity contribution in [1.82, 2.24) is 10.6 Å². The molecule has 0 aliphatic carbocycles. The summed E-state index contributed by atoms with van der Waals surface area (Å²) in [7, 11) is 4.03. The van der Waals surface area contributed by atoms with Crippen LogP contribution in [0.3, 0.4) is 0 Å². The van der Waals surface area contributed by atoms with E-state index in [1.54, 1.807) is 6.92 Å². The Hall–Kier alpha value is -1.75. The standard InChI is InChI=1S/C18H31N3O2/c1-14(22)12-18(2,3)13-20-17(23)19-11-10-15-6-8-16(9-7-15)21(4)5/h6-9,14,22H,10-13H2,1-5H3,(H2,19,20,23). The maximum absolute atomic E-state index is 11.8. The first-order valence-corrected chi connectivity index (χ1v) is 8.16. The van der Waals surface area contributed by atoms with Crippen LogP contribution < -0.4 is 15.5 Å². The van der Waals surface area contributed by atoms with Crippen LogP contribution in [0.5, 0.6) is 0 Å². The maximum Gasteiger partial charge on any atom is 0.314 e. The number of hydrogen-bond acceptors (Lipinski definition) is 3. The average Bonchev–Trinajstić information content (AvgIpc) is 2.44. The number of hydrogen-bond donors (Lipinski definition) is 3. The third-order valence-electron chi connectivity index (χ3n) is 3.73. The van der Waals surface area contributed by atoms with Crippen LogP contribution in [0.25, 0.3) is 0 Å². The molecule has 3 N–H and O–H groups in total. The number of benzene rings is 1. The van der Waals surface area contributed by atoms with Gasteiger partial charge in [0.2, 0.25) is 0 Å². The molecule has 23 heavy (non-hydrogen) atoms. The van der Waals surface area contributed by atoms with Crippen molar-refractivity contribution in [2.24, 2.45) is 5.41 Å². The van der Waals surface area contributed by atoms with Crippen molar-refractivity contribution in [3.05, 3.63) is 29.8 Å². The molecule has 1 aromatic rings. The lowest BCUT2D eigenvalue weighted by Crippen LogP contribution is -2.42. The molecule has 5 heteroatoms. The van der Waals surface area contributed by atoms with E-state index in [9.17, 15) is 9.90 Å². The molecule has 0 bridgehead atoms. The largest absolute Gasteiger partial charge is 0.393 e. The highest BCUT2D eigenvalue weighted by atomic mass is 16.3.